The third-order valence-electron chi connectivity index (χ3n) is 9.77. The summed E-state index contributed by atoms with van der Waals surface area (Å²) >= 11 is 0. The molecule has 0 amide bonds. The van der Waals surface area contributed by atoms with Crippen LogP contribution in [0.2, 0.25) is 0 Å². The summed E-state index contributed by atoms with van der Waals surface area (Å²) in [5.41, 5.74) is 9.85. The number of aromatic nitrogens is 5. The molecule has 0 saturated heterocycles. The van der Waals surface area contributed by atoms with Gasteiger partial charge in [-0.3, -0.25) is 0 Å². The fourth-order valence-corrected chi connectivity index (χ4v) is 7.39. The Bertz CT molecular complexity index is 2950. The first kappa shape index (κ1) is 29.5. The molecular formula is C46H28N6. The summed E-state index contributed by atoms with van der Waals surface area (Å²) < 4.78 is 4.65. The summed E-state index contributed by atoms with van der Waals surface area (Å²) in [6.07, 6.45) is 0. The van der Waals surface area contributed by atoms with E-state index in [1.54, 1.807) is 0 Å². The minimum atomic E-state index is 0.612. The van der Waals surface area contributed by atoms with E-state index in [4.69, 9.17) is 21.5 Å². The first-order valence-corrected chi connectivity index (χ1v) is 17.2. The van der Waals surface area contributed by atoms with Gasteiger partial charge in [0, 0.05) is 49.6 Å². The normalized spacial score (nSPS) is 11.4. The van der Waals surface area contributed by atoms with Gasteiger partial charge in [-0.05, 0) is 48.5 Å². The van der Waals surface area contributed by atoms with E-state index in [1.165, 1.54) is 21.5 Å². The van der Waals surface area contributed by atoms with Gasteiger partial charge in [0.2, 0.25) is 0 Å². The number of benzene rings is 7. The molecule has 0 fully saturated rings. The molecular weight excluding hydrogens is 637 g/mol. The van der Waals surface area contributed by atoms with E-state index in [0.29, 0.717) is 23.2 Å². The summed E-state index contributed by atoms with van der Waals surface area (Å²) in [6, 6.07) is 58.2. The molecule has 3 heterocycles. The summed E-state index contributed by atoms with van der Waals surface area (Å²) in [6.45, 7) is 7.47. The highest BCUT2D eigenvalue weighted by atomic mass is 15.0. The van der Waals surface area contributed by atoms with E-state index in [0.717, 1.165) is 50.1 Å². The van der Waals surface area contributed by atoms with Crippen molar-refractivity contribution in [1.29, 1.82) is 0 Å². The number of fused-ring (bicyclic) bond motifs is 6. The minimum Gasteiger partial charge on any atom is -0.309 e. The van der Waals surface area contributed by atoms with Crippen molar-refractivity contribution in [1.82, 2.24) is 24.1 Å². The van der Waals surface area contributed by atoms with Crippen molar-refractivity contribution in [3.63, 3.8) is 0 Å². The maximum Gasteiger partial charge on any atom is 0.187 e. The van der Waals surface area contributed by atoms with Crippen LogP contribution < -0.4 is 0 Å². The molecule has 0 N–H and O–H groups in total. The Balaban J connectivity index is 1.21. The van der Waals surface area contributed by atoms with Crippen LogP contribution in [0.15, 0.2) is 170 Å². The highest BCUT2D eigenvalue weighted by molar-refractivity contribution is 6.19. The molecule has 0 unspecified atom stereocenters. The molecule has 0 aliphatic carbocycles. The molecule has 3 aromatic heterocycles. The minimum absolute atomic E-state index is 0.612. The molecule has 0 spiro atoms. The maximum atomic E-state index is 7.47. The van der Waals surface area contributed by atoms with E-state index in [-0.39, 0.29) is 0 Å². The molecule has 7 aromatic carbocycles. The summed E-state index contributed by atoms with van der Waals surface area (Å²) in [7, 11) is 0. The van der Waals surface area contributed by atoms with Crippen molar-refractivity contribution in [3.8, 4) is 45.5 Å². The number of hydrogen-bond acceptors (Lipinski definition) is 3. The van der Waals surface area contributed by atoms with Crippen LogP contribution in [0.25, 0.3) is 94.0 Å². The quantitative estimate of drug-likeness (QED) is 0.172. The molecule has 10 aromatic rings. The third-order valence-corrected chi connectivity index (χ3v) is 9.77. The van der Waals surface area contributed by atoms with Crippen molar-refractivity contribution in [2.75, 3.05) is 0 Å². The molecule has 0 bridgehead atoms. The predicted octanol–water partition coefficient (Wildman–Crippen LogP) is 11.6. The molecule has 242 valence electrons. The van der Waals surface area contributed by atoms with Crippen molar-refractivity contribution in [2.24, 2.45) is 0 Å². The van der Waals surface area contributed by atoms with Crippen molar-refractivity contribution in [2.45, 2.75) is 0 Å². The molecule has 52 heavy (non-hydrogen) atoms. The molecule has 0 radical (unpaired) electrons. The predicted molar refractivity (Wildman–Crippen MR) is 211 cm³/mol. The molecule has 6 heteroatoms. The Hall–Kier alpha value is -7.36. The lowest BCUT2D eigenvalue weighted by Gasteiger charge is -2.12. The van der Waals surface area contributed by atoms with Crippen LogP contribution >= 0.6 is 0 Å². The van der Waals surface area contributed by atoms with Gasteiger partial charge in [-0.2, -0.15) is 0 Å². The highest BCUT2D eigenvalue weighted by Gasteiger charge is 2.19. The standard InChI is InChI=1S/C46H28N6/c1-47-33-23-25-34(26-24-33)51-40-21-10-8-19-36(40)38-28-39-37-20-9-11-22-41(37)52(43(39)29-42(38)51)35-18-12-17-32(27-35)46-49-44(30-13-4-2-5-14-30)48-45(50-46)31-15-6-3-7-16-31/h2-29H. The fraction of sp³-hybridized carbons (Fsp3) is 0. The van der Waals surface area contributed by atoms with Crippen LogP contribution in [0, 0.1) is 6.57 Å². The average molecular weight is 665 g/mol. The number of nitrogens with zero attached hydrogens (tertiary/aromatic N) is 6. The van der Waals surface area contributed by atoms with Crippen molar-refractivity contribution in [3.05, 3.63) is 181 Å². The zero-order valence-corrected chi connectivity index (χ0v) is 27.8. The first-order valence-electron chi connectivity index (χ1n) is 17.2. The number of rotatable bonds is 5. The van der Waals surface area contributed by atoms with Gasteiger partial charge in [-0.15, -0.1) is 0 Å². The largest absolute Gasteiger partial charge is 0.309 e. The zero-order chi connectivity index (χ0) is 34.6. The smallest absolute Gasteiger partial charge is 0.187 e. The maximum absolute atomic E-state index is 7.47. The van der Waals surface area contributed by atoms with Crippen LogP contribution in [-0.2, 0) is 0 Å². The topological polar surface area (TPSA) is 52.9 Å². The van der Waals surface area contributed by atoms with Gasteiger partial charge in [0.05, 0.1) is 28.6 Å². The third kappa shape index (κ3) is 4.76. The van der Waals surface area contributed by atoms with Crippen molar-refractivity contribution >= 4 is 49.3 Å². The van der Waals surface area contributed by atoms with Gasteiger partial charge >= 0.3 is 0 Å². The summed E-state index contributed by atoms with van der Waals surface area (Å²) in [5, 5.41) is 4.73. The van der Waals surface area contributed by atoms with Crippen LogP contribution in [-0.4, -0.2) is 24.1 Å². The van der Waals surface area contributed by atoms with Crippen LogP contribution in [0.3, 0.4) is 0 Å². The van der Waals surface area contributed by atoms with Gasteiger partial charge in [-0.25, -0.2) is 19.8 Å². The molecule has 0 atom stereocenters. The van der Waals surface area contributed by atoms with E-state index in [2.05, 4.69) is 98.9 Å². The van der Waals surface area contributed by atoms with Gasteiger partial charge < -0.3 is 9.13 Å². The molecule has 0 aliphatic rings. The highest BCUT2D eigenvalue weighted by Crippen LogP contribution is 2.40. The Labute approximate surface area is 299 Å². The van der Waals surface area contributed by atoms with E-state index >= 15 is 0 Å². The van der Waals surface area contributed by atoms with Gasteiger partial charge in [0.1, 0.15) is 0 Å². The summed E-state index contributed by atoms with van der Waals surface area (Å²) in [4.78, 5) is 18.6. The molecule has 10 rings (SSSR count). The van der Waals surface area contributed by atoms with Crippen LogP contribution in [0.4, 0.5) is 5.69 Å². The second-order valence-corrected chi connectivity index (χ2v) is 12.8. The van der Waals surface area contributed by atoms with E-state index in [1.807, 2.05) is 84.9 Å². The first-order chi connectivity index (χ1) is 25.7. The Kier molecular flexibility index (Phi) is 6.76. The van der Waals surface area contributed by atoms with Gasteiger partial charge in [0.15, 0.2) is 23.2 Å². The molecule has 6 nitrogen and oxygen atoms in total. The fourth-order valence-electron chi connectivity index (χ4n) is 7.39. The Morgan fingerprint density at radius 1 is 0.365 bits per heavy atom. The van der Waals surface area contributed by atoms with E-state index in [9.17, 15) is 0 Å². The van der Waals surface area contributed by atoms with Crippen LogP contribution in [0.1, 0.15) is 0 Å². The lowest BCUT2D eigenvalue weighted by atomic mass is 10.1. The second kappa shape index (κ2) is 11.9. The summed E-state index contributed by atoms with van der Waals surface area (Å²) in [5.74, 6) is 1.87. The molecule has 0 aliphatic heterocycles. The van der Waals surface area contributed by atoms with Crippen molar-refractivity contribution < 1.29 is 0 Å². The molecule has 0 saturated carbocycles. The lowest BCUT2D eigenvalue weighted by molar-refractivity contribution is 1.07. The van der Waals surface area contributed by atoms with Crippen LogP contribution in [0.5, 0.6) is 0 Å². The zero-order valence-electron chi connectivity index (χ0n) is 27.8. The lowest BCUT2D eigenvalue weighted by Crippen LogP contribution is -2.01. The second-order valence-electron chi connectivity index (χ2n) is 12.8. The number of hydrogen-bond donors (Lipinski definition) is 0. The van der Waals surface area contributed by atoms with E-state index < -0.39 is 0 Å². The Morgan fingerprint density at radius 2 is 0.846 bits per heavy atom. The average Bonchev–Trinajstić information content (AvgIpc) is 3.72. The number of para-hydroxylation sites is 2. The SMILES string of the molecule is [C-]#[N+]c1ccc(-n2c3ccccc3c3cc4c5ccccc5n(-c5cccc(-c6nc(-c7ccccc7)nc(-c7ccccc7)n6)c5)c4cc32)cc1. The Morgan fingerprint density at radius 3 is 1.40 bits per heavy atom. The van der Waals surface area contributed by atoms with Gasteiger partial charge in [0.25, 0.3) is 0 Å². The van der Waals surface area contributed by atoms with Gasteiger partial charge in [-0.1, -0.05) is 121 Å². The monoisotopic (exact) mass is 664 g/mol.